The number of alkyl halides is 7. The minimum Gasteiger partial charge on any atom is -0.356 e. The van der Waals surface area contributed by atoms with Crippen molar-refractivity contribution in [3.05, 3.63) is 41.2 Å². The van der Waals surface area contributed by atoms with Crippen molar-refractivity contribution in [3.8, 4) is 0 Å². The Balaban J connectivity index is 0.000000236. The summed E-state index contributed by atoms with van der Waals surface area (Å²) in [6.07, 6.45) is 7.91. The fraction of sp³-hybridized carbons (Fsp3) is 0.697. The Morgan fingerprint density at radius 2 is 1.73 bits per heavy atom. The lowest BCUT2D eigenvalue weighted by atomic mass is 9.61. The number of fused-ring (bicyclic) bond motifs is 1. The predicted molar refractivity (Wildman–Crippen MR) is 173 cm³/mol. The Hall–Kier alpha value is -3.67. The summed E-state index contributed by atoms with van der Waals surface area (Å²) in [7, 11) is 1.82. The Labute approximate surface area is 291 Å². The van der Waals surface area contributed by atoms with Gasteiger partial charge in [-0.3, -0.25) is 19.2 Å². The molecule has 4 fully saturated rings. The van der Waals surface area contributed by atoms with Crippen LogP contribution in [0.1, 0.15) is 98.3 Å². The minimum atomic E-state index is -3.67. The van der Waals surface area contributed by atoms with E-state index in [9.17, 15) is 40.3 Å². The van der Waals surface area contributed by atoms with E-state index < -0.39 is 18.5 Å². The first-order valence-corrected chi connectivity index (χ1v) is 17.1. The lowest BCUT2D eigenvalue weighted by Crippen LogP contribution is -2.65. The van der Waals surface area contributed by atoms with Gasteiger partial charge < -0.3 is 10.6 Å². The molecular formula is C33H46F7N9O2. The van der Waals surface area contributed by atoms with Crippen LogP contribution >= 0.6 is 0 Å². The normalized spacial score (nSPS) is 21.1. The van der Waals surface area contributed by atoms with Gasteiger partial charge in [0.25, 0.3) is 5.78 Å². The highest BCUT2D eigenvalue weighted by molar-refractivity contribution is 5.76. The maximum Gasteiger partial charge on any atom is 0.379 e. The number of piperidine rings is 1. The molecule has 11 nitrogen and oxygen atoms in total. The third kappa shape index (κ3) is 11.2. The molecule has 1 unspecified atom stereocenters. The standard InChI is InChI=1S/C21H28F4N6.C6H8N2O.C5H9NO.CHF3/c1-13-15(7-30-11-19(12-30)9-21(24,25)10-19)27-18-28-16(8-31(18)29-13)17(26-2)14-3-5-20(22,23)6-4-14;1-2-8-6(5-9)3-4-7-8;7-5-3-1-2-4-6-5;2-1(3)4/h8,14,17,26H,3-7,9-12H2,1-2H3;3-5H,2H2,1H3;1-4H2,(H,6,7);1H. The van der Waals surface area contributed by atoms with Gasteiger partial charge in [-0.1, -0.05) is 0 Å². The molecule has 1 amide bonds. The molecule has 3 aromatic rings. The summed E-state index contributed by atoms with van der Waals surface area (Å²) in [6.45, 7) is 3.70. The van der Waals surface area contributed by atoms with Crippen LogP contribution in [0.5, 0.6) is 0 Å². The van der Waals surface area contributed by atoms with Crippen LogP contribution in [0.3, 0.4) is 0 Å². The molecule has 51 heavy (non-hydrogen) atoms. The lowest BCUT2D eigenvalue weighted by molar-refractivity contribution is -0.215. The first-order chi connectivity index (χ1) is 24.1. The number of carbonyl (C=O) groups excluding carboxylic acids is 2. The topological polar surface area (TPSA) is 122 Å². The van der Waals surface area contributed by atoms with E-state index in [0.717, 1.165) is 55.7 Å². The van der Waals surface area contributed by atoms with Crippen molar-refractivity contribution in [1.82, 2.24) is 44.9 Å². The number of nitrogens with zero attached hydrogens (tertiary/aromatic N) is 7. The van der Waals surface area contributed by atoms with Crippen LogP contribution in [-0.2, 0) is 17.9 Å². The van der Waals surface area contributed by atoms with Gasteiger partial charge in [0, 0.05) is 76.4 Å². The maximum atomic E-state index is 13.6. The summed E-state index contributed by atoms with van der Waals surface area (Å²) in [5.74, 6) is -4.28. The first kappa shape index (κ1) is 40.1. The quantitative estimate of drug-likeness (QED) is 0.227. The second kappa shape index (κ2) is 17.2. The van der Waals surface area contributed by atoms with Crippen molar-refractivity contribution in [2.45, 2.75) is 109 Å². The molecule has 0 radical (unpaired) electrons. The highest BCUT2D eigenvalue weighted by atomic mass is 19.4. The van der Waals surface area contributed by atoms with Gasteiger partial charge >= 0.3 is 6.68 Å². The minimum absolute atomic E-state index is 0.0116. The Morgan fingerprint density at radius 1 is 1.06 bits per heavy atom. The zero-order valence-corrected chi connectivity index (χ0v) is 29.0. The molecule has 7 rings (SSSR count). The molecule has 2 aliphatic heterocycles. The molecule has 0 aromatic carbocycles. The van der Waals surface area contributed by atoms with Gasteiger partial charge in [-0.15, -0.1) is 0 Å². The molecular weight excluding hydrogens is 687 g/mol. The molecule has 4 aliphatic rings. The summed E-state index contributed by atoms with van der Waals surface area (Å²) in [4.78, 5) is 32.0. The molecule has 2 aliphatic carbocycles. The summed E-state index contributed by atoms with van der Waals surface area (Å²) in [5, 5.41) is 14.5. The summed E-state index contributed by atoms with van der Waals surface area (Å²) in [6, 6.07) is 1.56. The van der Waals surface area contributed by atoms with Gasteiger partial charge in [0.05, 0.1) is 29.3 Å². The van der Waals surface area contributed by atoms with Gasteiger partial charge in [-0.05, 0) is 58.6 Å². The van der Waals surface area contributed by atoms with E-state index in [0.29, 0.717) is 43.9 Å². The molecule has 3 aromatic heterocycles. The van der Waals surface area contributed by atoms with E-state index in [1.807, 2.05) is 27.1 Å². The molecule has 2 saturated heterocycles. The van der Waals surface area contributed by atoms with Crippen LogP contribution in [-0.4, -0.2) is 91.7 Å². The third-order valence-electron chi connectivity index (χ3n) is 9.54. The van der Waals surface area contributed by atoms with Crippen LogP contribution in [0, 0.1) is 18.3 Å². The Morgan fingerprint density at radius 3 is 2.22 bits per heavy atom. The van der Waals surface area contributed by atoms with E-state index >= 15 is 0 Å². The maximum absolute atomic E-state index is 13.6. The Kier molecular flexibility index (Phi) is 13.6. The number of likely N-dealkylation sites (tertiary alicyclic amines) is 1. The number of rotatable bonds is 7. The zero-order valence-electron chi connectivity index (χ0n) is 29.0. The molecule has 284 valence electrons. The van der Waals surface area contributed by atoms with Crippen LogP contribution in [0.25, 0.3) is 5.78 Å². The highest BCUT2D eigenvalue weighted by Crippen LogP contribution is 2.56. The van der Waals surface area contributed by atoms with Gasteiger partial charge in [0.2, 0.25) is 17.8 Å². The number of amides is 1. The fourth-order valence-electron chi connectivity index (χ4n) is 7.20. The van der Waals surface area contributed by atoms with Crippen molar-refractivity contribution in [3.63, 3.8) is 0 Å². The number of halogens is 7. The van der Waals surface area contributed by atoms with Crippen LogP contribution in [0.15, 0.2) is 18.5 Å². The Bertz CT molecular complexity index is 1560. The number of nitrogens with one attached hydrogen (secondary N) is 2. The van der Waals surface area contributed by atoms with E-state index in [2.05, 4.69) is 35.7 Å². The number of aromatic nitrogens is 6. The van der Waals surface area contributed by atoms with E-state index in [-0.39, 0.29) is 49.0 Å². The third-order valence-corrected chi connectivity index (χ3v) is 9.54. The van der Waals surface area contributed by atoms with Gasteiger partial charge in [-0.2, -0.15) is 23.4 Å². The molecule has 18 heteroatoms. The van der Waals surface area contributed by atoms with E-state index in [1.54, 1.807) is 21.5 Å². The number of carbonyl (C=O) groups is 2. The van der Waals surface area contributed by atoms with Crippen molar-refractivity contribution in [2.75, 3.05) is 26.7 Å². The molecule has 2 saturated carbocycles. The molecule has 0 bridgehead atoms. The van der Waals surface area contributed by atoms with Crippen LogP contribution in [0.4, 0.5) is 30.7 Å². The smallest absolute Gasteiger partial charge is 0.356 e. The van der Waals surface area contributed by atoms with Crippen molar-refractivity contribution >= 4 is 18.0 Å². The summed E-state index contributed by atoms with van der Waals surface area (Å²) < 4.78 is 85.8. The van der Waals surface area contributed by atoms with Gasteiger partial charge in [0.1, 0.15) is 5.69 Å². The second-order valence-electron chi connectivity index (χ2n) is 13.6. The number of imidazole rings is 1. The van der Waals surface area contributed by atoms with Crippen molar-refractivity contribution < 1.29 is 40.3 Å². The second-order valence-corrected chi connectivity index (χ2v) is 13.6. The van der Waals surface area contributed by atoms with E-state index in [4.69, 9.17) is 0 Å². The molecule has 5 heterocycles. The number of aryl methyl sites for hydroxylation is 2. The highest BCUT2D eigenvalue weighted by Gasteiger charge is 2.61. The van der Waals surface area contributed by atoms with E-state index in [1.165, 1.54) is 0 Å². The monoisotopic (exact) mass is 733 g/mol. The number of aldehydes is 1. The largest absolute Gasteiger partial charge is 0.379 e. The predicted octanol–water partition coefficient (Wildman–Crippen LogP) is 5.93. The summed E-state index contributed by atoms with van der Waals surface area (Å²) >= 11 is 0. The molecule has 1 atom stereocenters. The average molecular weight is 734 g/mol. The van der Waals surface area contributed by atoms with Gasteiger partial charge in [-0.25, -0.2) is 32.0 Å². The van der Waals surface area contributed by atoms with Gasteiger partial charge in [0.15, 0.2) is 6.29 Å². The van der Waals surface area contributed by atoms with Crippen LogP contribution in [0.2, 0.25) is 0 Å². The molecule has 2 N–H and O–H groups in total. The van der Waals surface area contributed by atoms with Crippen LogP contribution < -0.4 is 10.6 Å². The fourth-order valence-corrected chi connectivity index (χ4v) is 7.20. The number of hydrogen-bond donors (Lipinski definition) is 2. The van der Waals surface area contributed by atoms with Crippen molar-refractivity contribution in [1.29, 1.82) is 0 Å². The SMILES string of the molecule is CCn1nccc1C=O.CNC(c1cn2nc(C)c(CN3CC4(C3)CC(F)(F)C4)nc2n1)C1CCC(F)(F)CC1.FC(F)F.O=C1CCCCN1. The first-order valence-electron chi connectivity index (χ1n) is 17.1. The molecule has 1 spiro atoms. The van der Waals surface area contributed by atoms with Crippen molar-refractivity contribution in [2.24, 2.45) is 11.3 Å². The average Bonchev–Trinajstić information content (AvgIpc) is 3.67. The summed E-state index contributed by atoms with van der Waals surface area (Å²) in [5.41, 5.74) is 2.75. The zero-order chi connectivity index (χ0) is 37.4. The lowest BCUT2D eigenvalue weighted by Gasteiger charge is -2.58. The number of hydrogen-bond acceptors (Lipinski definition) is 8.